The van der Waals surface area contributed by atoms with Crippen LogP contribution < -0.4 is 9.64 Å². The average molecular weight is 388 g/mol. The fraction of sp³-hybridized carbons (Fsp3) is 0.550. The van der Waals surface area contributed by atoms with Crippen molar-refractivity contribution in [2.45, 2.75) is 26.7 Å². The van der Waals surface area contributed by atoms with Gasteiger partial charge in [-0.25, -0.2) is 9.69 Å². The molecule has 2 aliphatic rings. The van der Waals surface area contributed by atoms with Gasteiger partial charge in [0.25, 0.3) is 0 Å². The van der Waals surface area contributed by atoms with E-state index in [1.165, 1.54) is 0 Å². The van der Waals surface area contributed by atoms with Gasteiger partial charge >= 0.3 is 17.8 Å². The number of hydrogen-bond donors (Lipinski definition) is 0. The number of hydrogen-bond acceptors (Lipinski definition) is 6. The normalized spacial score (nSPS) is 18.4. The molecule has 0 N–H and O–H groups in total. The number of piperazine rings is 1. The Morgan fingerprint density at radius 2 is 1.61 bits per heavy atom. The summed E-state index contributed by atoms with van der Waals surface area (Å²) in [6.07, 6.45) is 1.56. The molecule has 2 heterocycles. The molecule has 28 heavy (non-hydrogen) atoms. The number of para-hydroxylation sites is 2. The van der Waals surface area contributed by atoms with Crippen LogP contribution in [0.15, 0.2) is 24.3 Å². The molecule has 8 nitrogen and oxygen atoms in total. The van der Waals surface area contributed by atoms with Crippen molar-refractivity contribution in [3.05, 3.63) is 24.3 Å². The summed E-state index contributed by atoms with van der Waals surface area (Å²) in [4.78, 5) is 43.2. The SMILES string of the molecule is CCCCN1C(=O)C(=O)N(CN2CCN(c3ccccc3OCC)CC2)C1=O. The van der Waals surface area contributed by atoms with E-state index in [2.05, 4.69) is 4.90 Å². The van der Waals surface area contributed by atoms with Gasteiger partial charge in [0.1, 0.15) is 5.75 Å². The van der Waals surface area contributed by atoms with E-state index >= 15 is 0 Å². The van der Waals surface area contributed by atoms with Crippen molar-refractivity contribution in [3.63, 3.8) is 0 Å². The third kappa shape index (κ3) is 4.11. The molecule has 3 rings (SSSR count). The van der Waals surface area contributed by atoms with Crippen LogP contribution in [-0.4, -0.2) is 78.5 Å². The summed E-state index contributed by atoms with van der Waals surface area (Å²) >= 11 is 0. The number of imide groups is 2. The van der Waals surface area contributed by atoms with Crippen molar-refractivity contribution < 1.29 is 19.1 Å². The van der Waals surface area contributed by atoms with Gasteiger partial charge in [-0.2, -0.15) is 0 Å². The molecule has 0 aromatic heterocycles. The van der Waals surface area contributed by atoms with E-state index in [4.69, 9.17) is 4.74 Å². The highest BCUT2D eigenvalue weighted by molar-refractivity contribution is 6.44. The third-order valence-electron chi connectivity index (χ3n) is 5.09. The number of anilines is 1. The summed E-state index contributed by atoms with van der Waals surface area (Å²) in [5.74, 6) is -0.562. The maximum atomic E-state index is 12.5. The van der Waals surface area contributed by atoms with Crippen molar-refractivity contribution >= 4 is 23.5 Å². The molecule has 1 aromatic rings. The summed E-state index contributed by atoms with van der Waals surface area (Å²) in [5, 5.41) is 0. The Labute approximate surface area is 165 Å². The van der Waals surface area contributed by atoms with Gasteiger partial charge in [-0.15, -0.1) is 0 Å². The van der Waals surface area contributed by atoms with E-state index < -0.39 is 17.8 Å². The maximum Gasteiger partial charge on any atom is 0.335 e. The lowest BCUT2D eigenvalue weighted by Crippen LogP contribution is -2.51. The van der Waals surface area contributed by atoms with Crippen LogP contribution in [0.4, 0.5) is 10.5 Å². The number of carbonyl (C=O) groups excluding carboxylic acids is 3. The van der Waals surface area contributed by atoms with Gasteiger partial charge in [-0.1, -0.05) is 25.5 Å². The number of nitrogens with zero attached hydrogens (tertiary/aromatic N) is 4. The highest BCUT2D eigenvalue weighted by Gasteiger charge is 2.44. The predicted molar refractivity (Wildman–Crippen MR) is 105 cm³/mol. The minimum atomic E-state index is -0.717. The van der Waals surface area contributed by atoms with Gasteiger partial charge in [0.2, 0.25) is 0 Å². The van der Waals surface area contributed by atoms with E-state index in [-0.39, 0.29) is 6.67 Å². The van der Waals surface area contributed by atoms with Crippen LogP contribution in [0.1, 0.15) is 26.7 Å². The van der Waals surface area contributed by atoms with Crippen molar-refractivity contribution in [2.24, 2.45) is 0 Å². The second kappa shape index (κ2) is 9.05. The average Bonchev–Trinajstić information content (AvgIpc) is 2.91. The van der Waals surface area contributed by atoms with E-state index in [9.17, 15) is 14.4 Å². The first-order valence-electron chi connectivity index (χ1n) is 9.93. The summed E-state index contributed by atoms with van der Waals surface area (Å²) in [6, 6.07) is 7.45. The Kier molecular flexibility index (Phi) is 6.51. The molecule has 0 bridgehead atoms. The zero-order valence-electron chi connectivity index (χ0n) is 16.6. The first kappa shape index (κ1) is 20.1. The summed E-state index contributed by atoms with van der Waals surface area (Å²) in [5.41, 5.74) is 1.05. The molecule has 8 heteroatoms. The molecule has 2 aliphatic heterocycles. The fourth-order valence-electron chi connectivity index (χ4n) is 3.51. The Hall–Kier alpha value is -2.61. The van der Waals surface area contributed by atoms with Gasteiger partial charge in [0.05, 0.1) is 19.0 Å². The van der Waals surface area contributed by atoms with Crippen molar-refractivity contribution in [1.82, 2.24) is 14.7 Å². The molecule has 0 unspecified atom stereocenters. The maximum absolute atomic E-state index is 12.5. The molecule has 0 aliphatic carbocycles. The Balaban J connectivity index is 1.58. The lowest BCUT2D eigenvalue weighted by molar-refractivity contribution is -0.144. The molecule has 1 aromatic carbocycles. The highest BCUT2D eigenvalue weighted by atomic mass is 16.5. The van der Waals surface area contributed by atoms with Crippen LogP contribution >= 0.6 is 0 Å². The topological polar surface area (TPSA) is 73.4 Å². The molecule has 0 saturated carbocycles. The minimum Gasteiger partial charge on any atom is -0.492 e. The van der Waals surface area contributed by atoms with Gasteiger partial charge in [-0.05, 0) is 25.5 Å². The third-order valence-corrected chi connectivity index (χ3v) is 5.09. The first-order chi connectivity index (χ1) is 13.6. The zero-order chi connectivity index (χ0) is 20.1. The summed E-state index contributed by atoms with van der Waals surface area (Å²) in [7, 11) is 0. The Morgan fingerprint density at radius 3 is 2.29 bits per heavy atom. The standard InChI is InChI=1S/C20H28N4O4/c1-3-5-10-23-18(25)19(26)24(20(23)27)15-21-11-13-22(14-12-21)16-8-6-7-9-17(16)28-4-2/h6-9H,3-5,10-15H2,1-2H3. The number of urea groups is 1. The number of benzene rings is 1. The zero-order valence-corrected chi connectivity index (χ0v) is 16.6. The first-order valence-corrected chi connectivity index (χ1v) is 9.93. The van der Waals surface area contributed by atoms with Crippen LogP contribution in [0.25, 0.3) is 0 Å². The van der Waals surface area contributed by atoms with Gasteiger partial charge in [-0.3, -0.25) is 19.4 Å². The van der Waals surface area contributed by atoms with E-state index in [0.29, 0.717) is 32.7 Å². The second-order valence-electron chi connectivity index (χ2n) is 6.97. The van der Waals surface area contributed by atoms with Crippen LogP contribution in [0, 0.1) is 0 Å². The molecular formula is C20H28N4O4. The largest absolute Gasteiger partial charge is 0.492 e. The van der Waals surface area contributed by atoms with Crippen molar-refractivity contribution in [3.8, 4) is 5.75 Å². The Morgan fingerprint density at radius 1 is 0.929 bits per heavy atom. The molecule has 2 saturated heterocycles. The van der Waals surface area contributed by atoms with Crippen molar-refractivity contribution in [1.29, 1.82) is 0 Å². The second-order valence-corrected chi connectivity index (χ2v) is 6.97. The lowest BCUT2D eigenvalue weighted by Gasteiger charge is -2.37. The molecule has 0 atom stereocenters. The number of carbonyl (C=O) groups is 3. The quantitative estimate of drug-likeness (QED) is 0.499. The van der Waals surface area contributed by atoms with Crippen molar-refractivity contribution in [2.75, 3.05) is 50.9 Å². The fourth-order valence-corrected chi connectivity index (χ4v) is 3.51. The number of unbranched alkanes of at least 4 members (excludes halogenated alkanes) is 1. The predicted octanol–water partition coefficient (Wildman–Crippen LogP) is 1.76. The van der Waals surface area contributed by atoms with Crippen LogP contribution in [0.2, 0.25) is 0 Å². The number of ether oxygens (including phenoxy) is 1. The Bertz CT molecular complexity index is 731. The lowest BCUT2D eigenvalue weighted by atomic mass is 10.2. The van der Waals surface area contributed by atoms with E-state index in [1.807, 2.05) is 43.0 Å². The van der Waals surface area contributed by atoms with Gasteiger partial charge < -0.3 is 9.64 Å². The summed E-state index contributed by atoms with van der Waals surface area (Å²) in [6.45, 7) is 7.92. The molecule has 152 valence electrons. The van der Waals surface area contributed by atoms with E-state index in [0.717, 1.165) is 40.7 Å². The van der Waals surface area contributed by atoms with E-state index in [1.54, 1.807) is 0 Å². The van der Waals surface area contributed by atoms with Crippen LogP contribution in [0.5, 0.6) is 5.75 Å². The highest BCUT2D eigenvalue weighted by Crippen LogP contribution is 2.29. The van der Waals surface area contributed by atoms with Gasteiger partial charge in [0, 0.05) is 32.7 Å². The molecule has 0 spiro atoms. The minimum absolute atomic E-state index is 0.160. The molecule has 0 radical (unpaired) electrons. The number of amides is 4. The van der Waals surface area contributed by atoms with Crippen LogP contribution in [0.3, 0.4) is 0 Å². The smallest absolute Gasteiger partial charge is 0.335 e. The molecule has 4 amide bonds. The monoisotopic (exact) mass is 388 g/mol. The van der Waals surface area contributed by atoms with Gasteiger partial charge in [0.15, 0.2) is 0 Å². The molecule has 2 fully saturated rings. The molecular weight excluding hydrogens is 360 g/mol. The summed E-state index contributed by atoms with van der Waals surface area (Å²) < 4.78 is 5.71. The number of rotatable bonds is 8. The van der Waals surface area contributed by atoms with Crippen LogP contribution in [-0.2, 0) is 9.59 Å².